The summed E-state index contributed by atoms with van der Waals surface area (Å²) >= 11 is 6.93. The van der Waals surface area contributed by atoms with E-state index in [9.17, 15) is 4.79 Å². The first kappa shape index (κ1) is 15.1. The van der Waals surface area contributed by atoms with Crippen molar-refractivity contribution in [2.24, 2.45) is 5.73 Å². The molecule has 0 spiro atoms. The Kier molecular flexibility index (Phi) is 5.47. The Hall–Kier alpha value is -0.330. The van der Waals surface area contributed by atoms with Crippen LogP contribution in [-0.4, -0.2) is 63.9 Å². The Morgan fingerprint density at radius 3 is 2.58 bits per heavy atom. The molecule has 0 radical (unpaired) electrons. The third-order valence-electron chi connectivity index (χ3n) is 3.99. The quantitative estimate of drug-likeness (QED) is 0.788. The van der Waals surface area contributed by atoms with Gasteiger partial charge in [-0.25, -0.2) is 0 Å². The van der Waals surface area contributed by atoms with Gasteiger partial charge in [0, 0.05) is 26.2 Å². The molecule has 4 nitrogen and oxygen atoms in total. The summed E-state index contributed by atoms with van der Waals surface area (Å²) in [6, 6.07) is 0.188. The van der Waals surface area contributed by atoms with Crippen molar-refractivity contribution in [2.75, 3.05) is 31.9 Å². The van der Waals surface area contributed by atoms with Crippen molar-refractivity contribution in [1.82, 2.24) is 9.80 Å². The molecule has 0 bridgehead atoms. The lowest BCUT2D eigenvalue weighted by atomic mass is 10.1. The van der Waals surface area contributed by atoms with Crippen LogP contribution >= 0.6 is 24.0 Å². The van der Waals surface area contributed by atoms with E-state index in [2.05, 4.69) is 11.8 Å². The Morgan fingerprint density at radius 1 is 1.42 bits per heavy atom. The Labute approximate surface area is 125 Å². The van der Waals surface area contributed by atoms with Gasteiger partial charge in [-0.3, -0.25) is 9.69 Å². The van der Waals surface area contributed by atoms with Crippen molar-refractivity contribution in [3.63, 3.8) is 0 Å². The first-order valence-corrected chi connectivity index (χ1v) is 8.53. The molecule has 0 aliphatic carbocycles. The predicted octanol–water partition coefficient (Wildman–Crippen LogP) is 1.09. The van der Waals surface area contributed by atoms with Gasteiger partial charge in [0.1, 0.15) is 0 Å². The van der Waals surface area contributed by atoms with Crippen molar-refractivity contribution in [3.05, 3.63) is 0 Å². The lowest BCUT2D eigenvalue weighted by molar-refractivity contribution is -0.132. The monoisotopic (exact) mass is 301 g/mol. The van der Waals surface area contributed by atoms with Gasteiger partial charge in [-0.2, -0.15) is 0 Å². The van der Waals surface area contributed by atoms with E-state index in [4.69, 9.17) is 18.0 Å². The molecule has 2 fully saturated rings. The number of hydrogen-bond acceptors (Lipinski definition) is 4. The highest BCUT2D eigenvalue weighted by atomic mass is 32.2. The molecule has 0 aromatic carbocycles. The summed E-state index contributed by atoms with van der Waals surface area (Å²) in [5.74, 6) is 1.47. The van der Waals surface area contributed by atoms with Crippen LogP contribution in [0.4, 0.5) is 0 Å². The van der Waals surface area contributed by atoms with Crippen molar-refractivity contribution < 1.29 is 4.79 Å². The number of rotatable bonds is 4. The maximum Gasteiger partial charge on any atom is 0.235 e. The molecule has 2 aliphatic heterocycles. The SMILES string of the molecule is CCC(C(N)=S)N1CCN(C(=O)C2CCCS2)CC1. The molecule has 2 saturated heterocycles. The van der Waals surface area contributed by atoms with Crippen molar-refractivity contribution in [1.29, 1.82) is 0 Å². The average molecular weight is 301 g/mol. The van der Waals surface area contributed by atoms with Crippen LogP contribution in [0, 0.1) is 0 Å². The number of nitrogens with two attached hydrogens (primary N) is 1. The average Bonchev–Trinajstić information content (AvgIpc) is 2.93. The van der Waals surface area contributed by atoms with Crippen LogP contribution in [0.1, 0.15) is 26.2 Å². The fraction of sp³-hybridized carbons (Fsp3) is 0.846. The fourth-order valence-corrected chi connectivity index (χ4v) is 4.43. The van der Waals surface area contributed by atoms with Gasteiger partial charge in [0.25, 0.3) is 0 Å². The topological polar surface area (TPSA) is 49.6 Å². The molecule has 6 heteroatoms. The van der Waals surface area contributed by atoms with E-state index in [1.807, 2.05) is 16.7 Å². The first-order valence-electron chi connectivity index (χ1n) is 7.07. The number of piperazine rings is 1. The Balaban J connectivity index is 1.84. The third kappa shape index (κ3) is 3.61. The van der Waals surface area contributed by atoms with Crippen molar-refractivity contribution in [2.45, 2.75) is 37.5 Å². The zero-order valence-corrected chi connectivity index (χ0v) is 13.1. The zero-order chi connectivity index (χ0) is 13.8. The van der Waals surface area contributed by atoms with Crippen LogP contribution in [0.5, 0.6) is 0 Å². The highest BCUT2D eigenvalue weighted by molar-refractivity contribution is 8.00. The van der Waals surface area contributed by atoms with E-state index in [-0.39, 0.29) is 11.3 Å². The number of carbonyl (C=O) groups is 1. The second-order valence-electron chi connectivity index (χ2n) is 5.19. The van der Waals surface area contributed by atoms with E-state index in [1.54, 1.807) is 0 Å². The molecule has 2 heterocycles. The molecule has 19 heavy (non-hydrogen) atoms. The number of carbonyl (C=O) groups excluding carboxylic acids is 1. The molecule has 2 atom stereocenters. The van der Waals surface area contributed by atoms with Gasteiger partial charge in [0.15, 0.2) is 0 Å². The van der Waals surface area contributed by atoms with Crippen molar-refractivity contribution in [3.8, 4) is 0 Å². The molecule has 2 rings (SSSR count). The summed E-state index contributed by atoms with van der Waals surface area (Å²) in [5.41, 5.74) is 5.78. The Bertz CT molecular complexity index is 337. The summed E-state index contributed by atoms with van der Waals surface area (Å²) in [5, 5.41) is 0.212. The maximum atomic E-state index is 12.3. The van der Waals surface area contributed by atoms with Crippen LogP contribution in [0.3, 0.4) is 0 Å². The minimum absolute atomic E-state index is 0.188. The van der Waals surface area contributed by atoms with Gasteiger partial charge in [-0.1, -0.05) is 19.1 Å². The smallest absolute Gasteiger partial charge is 0.235 e. The molecule has 108 valence electrons. The van der Waals surface area contributed by atoms with Crippen LogP contribution in [-0.2, 0) is 4.79 Å². The normalized spacial score (nSPS) is 26.4. The van der Waals surface area contributed by atoms with Crippen molar-refractivity contribution >= 4 is 34.9 Å². The summed E-state index contributed by atoms with van der Waals surface area (Å²) in [4.78, 5) is 17.2. The first-order chi connectivity index (χ1) is 9.13. The van der Waals surface area contributed by atoms with Gasteiger partial charge in [-0.05, 0) is 25.0 Å². The summed E-state index contributed by atoms with van der Waals surface area (Å²) in [6.07, 6.45) is 3.18. The minimum Gasteiger partial charge on any atom is -0.392 e. The lowest BCUT2D eigenvalue weighted by Gasteiger charge is -2.39. The number of thioether (sulfide) groups is 1. The molecular formula is C13H23N3OS2. The second-order valence-corrected chi connectivity index (χ2v) is 6.97. The predicted molar refractivity (Wildman–Crippen MR) is 84.5 cm³/mol. The third-order valence-corrected chi connectivity index (χ3v) is 5.62. The molecule has 0 aromatic heterocycles. The zero-order valence-electron chi connectivity index (χ0n) is 11.5. The van der Waals surface area contributed by atoms with Gasteiger partial charge in [0.05, 0.1) is 16.3 Å². The molecule has 2 aliphatic rings. The highest BCUT2D eigenvalue weighted by Gasteiger charge is 2.31. The lowest BCUT2D eigenvalue weighted by Crippen LogP contribution is -2.55. The summed E-state index contributed by atoms with van der Waals surface area (Å²) in [6.45, 7) is 5.51. The van der Waals surface area contributed by atoms with E-state index >= 15 is 0 Å². The standard InChI is InChI=1S/C13H23N3OS2/c1-2-10(12(14)18)15-5-7-16(8-6-15)13(17)11-4-3-9-19-11/h10-11H,2-9H2,1H3,(H2,14,18). The Morgan fingerprint density at radius 2 is 2.11 bits per heavy atom. The number of nitrogens with zero attached hydrogens (tertiary/aromatic N) is 2. The van der Waals surface area contributed by atoms with E-state index < -0.39 is 0 Å². The molecule has 1 amide bonds. The van der Waals surface area contributed by atoms with E-state index in [0.717, 1.165) is 44.8 Å². The van der Waals surface area contributed by atoms with Gasteiger partial charge < -0.3 is 10.6 Å². The molecule has 0 aromatic rings. The summed E-state index contributed by atoms with van der Waals surface area (Å²) in [7, 11) is 0. The summed E-state index contributed by atoms with van der Waals surface area (Å²) < 4.78 is 0. The largest absolute Gasteiger partial charge is 0.392 e. The van der Waals surface area contributed by atoms with Crippen LogP contribution in [0.2, 0.25) is 0 Å². The molecule has 0 saturated carbocycles. The second kappa shape index (κ2) is 6.90. The van der Waals surface area contributed by atoms with Gasteiger partial charge >= 0.3 is 0 Å². The minimum atomic E-state index is 0.188. The van der Waals surface area contributed by atoms with E-state index in [0.29, 0.717) is 10.9 Å². The number of hydrogen-bond donors (Lipinski definition) is 1. The van der Waals surface area contributed by atoms with Crippen LogP contribution in [0.15, 0.2) is 0 Å². The maximum absolute atomic E-state index is 12.3. The van der Waals surface area contributed by atoms with Gasteiger partial charge in [0.2, 0.25) is 5.91 Å². The molecular weight excluding hydrogens is 278 g/mol. The number of amides is 1. The molecule has 2 N–H and O–H groups in total. The number of thiocarbonyl (C=S) groups is 1. The fourth-order valence-electron chi connectivity index (χ4n) is 2.87. The van der Waals surface area contributed by atoms with E-state index in [1.165, 1.54) is 6.42 Å². The van der Waals surface area contributed by atoms with Crippen LogP contribution in [0.25, 0.3) is 0 Å². The molecule has 2 unspecified atom stereocenters. The van der Waals surface area contributed by atoms with Gasteiger partial charge in [-0.15, -0.1) is 11.8 Å². The highest BCUT2D eigenvalue weighted by Crippen LogP contribution is 2.28. The van der Waals surface area contributed by atoms with Crippen LogP contribution < -0.4 is 5.73 Å².